The van der Waals surface area contributed by atoms with Gasteiger partial charge in [0.15, 0.2) is 0 Å². The molecule has 0 spiro atoms. The second-order valence-corrected chi connectivity index (χ2v) is 9.90. The molecule has 1 aromatic carbocycles. The largest absolute Gasteiger partial charge is 0.545 e. The first kappa shape index (κ1) is 32.6. The molecule has 33 heavy (non-hydrogen) atoms. The number of benzene rings is 1. The number of anilines is 2. The average Bonchev–Trinajstić information content (AvgIpc) is 2.72. The Hall–Kier alpha value is -0.420. The lowest BCUT2D eigenvalue weighted by Gasteiger charge is -2.24. The molecule has 9 N–H and O–H groups in total. The highest BCUT2D eigenvalue weighted by atomic mass is 127. The number of rotatable bonds is 9. The van der Waals surface area contributed by atoms with Gasteiger partial charge in [-0.05, 0) is 67.8 Å². The highest BCUT2D eigenvalue weighted by molar-refractivity contribution is 14.1. The summed E-state index contributed by atoms with van der Waals surface area (Å²) in [7, 11) is 1.70. The molecule has 0 unspecified atom stereocenters. The van der Waals surface area contributed by atoms with Crippen LogP contribution in [0.4, 0.5) is 11.4 Å². The Morgan fingerprint density at radius 2 is 1.27 bits per heavy atom. The smallest absolute Gasteiger partial charge is 0.221 e. The number of carbonyl (C=O) groups is 3. The molecule has 0 fully saturated rings. The van der Waals surface area contributed by atoms with Crippen molar-refractivity contribution in [2.75, 3.05) is 30.8 Å². The topological polar surface area (TPSA) is 216 Å². The van der Waals surface area contributed by atoms with Gasteiger partial charge in [-0.1, -0.05) is 0 Å². The number of quaternary nitrogens is 1. The Labute approximate surface area is 231 Å². The Morgan fingerprint density at radius 3 is 1.58 bits per heavy atom. The monoisotopic (exact) mass is 809 g/mol. The maximum absolute atomic E-state index is 11.3. The summed E-state index contributed by atoms with van der Waals surface area (Å²) >= 11 is 5.61. The van der Waals surface area contributed by atoms with Crippen LogP contribution in [-0.4, -0.2) is 87.9 Å². The van der Waals surface area contributed by atoms with Gasteiger partial charge in [0.1, 0.15) is 31.0 Å². The summed E-state index contributed by atoms with van der Waals surface area (Å²) in [6.45, 7) is 2.21. The fourth-order valence-electron chi connectivity index (χ4n) is 2.36. The molecule has 1 rings (SSSR count). The van der Waals surface area contributed by atoms with E-state index in [2.05, 4.69) is 10.6 Å². The van der Waals surface area contributed by atoms with E-state index in [0.29, 0.717) is 22.1 Å². The number of halogens is 3. The molecule has 0 aromatic heterocycles. The van der Waals surface area contributed by atoms with Crippen molar-refractivity contribution < 1.29 is 50.3 Å². The zero-order chi connectivity index (χ0) is 26.0. The maximum Gasteiger partial charge on any atom is 0.221 e. The molecule has 188 valence electrons. The molecule has 0 saturated carbocycles. The predicted molar refractivity (Wildman–Crippen MR) is 141 cm³/mol. The number of carboxylic acid groups (broad SMARTS) is 1. The van der Waals surface area contributed by atoms with Crippen LogP contribution in [0.15, 0.2) is 0 Å². The molecular formula is C18H26I3N3O9. The fourth-order valence-corrected chi connectivity index (χ4v) is 6.50. The van der Waals surface area contributed by atoms with Crippen molar-refractivity contribution in [2.24, 2.45) is 0 Å². The minimum absolute atomic E-state index is 0.0564. The van der Waals surface area contributed by atoms with Crippen molar-refractivity contribution >= 4 is 96.9 Å². The van der Waals surface area contributed by atoms with Crippen LogP contribution in [0.1, 0.15) is 24.2 Å². The molecule has 12 nitrogen and oxygen atoms in total. The second kappa shape index (κ2) is 15.5. The normalized spacial score (nSPS) is 14.3. The van der Waals surface area contributed by atoms with Gasteiger partial charge in [0.25, 0.3) is 0 Å². The van der Waals surface area contributed by atoms with E-state index in [-0.39, 0.29) is 23.9 Å². The number of aliphatic hydroxyl groups excluding tert-OH is 5. The van der Waals surface area contributed by atoms with Gasteiger partial charge in [0.2, 0.25) is 11.8 Å². The lowest BCUT2D eigenvalue weighted by atomic mass is 10.0. The van der Waals surface area contributed by atoms with Crippen LogP contribution in [0.3, 0.4) is 0 Å². The number of likely N-dealkylation sites (N-methyl/N-ethyl adjacent to an activating group) is 1. The molecule has 0 aliphatic carbocycles. The van der Waals surface area contributed by atoms with Crippen LogP contribution in [0.2, 0.25) is 0 Å². The number of amides is 2. The van der Waals surface area contributed by atoms with Crippen molar-refractivity contribution in [1.82, 2.24) is 0 Å². The minimum atomic E-state index is -1.53. The standard InChI is InChI=1S/C11H9I3N2O4.C7H17NO5/c1-3(17)15-9-6(12)5(11(19)20)7(13)10(8(9)14)16-4(2)18;1-8-2-4(10)6(12)7(13)5(11)3-9/h1-2H3,(H,15,17)(H,16,18)(H,19,20);4-13H,2-3H2,1H3/t;4-,5+,6+,7+/m.0/s1. The number of hydrogen-bond acceptors (Lipinski definition) is 9. The minimum Gasteiger partial charge on any atom is -0.545 e. The van der Waals surface area contributed by atoms with Gasteiger partial charge in [-0.15, -0.1) is 0 Å². The van der Waals surface area contributed by atoms with E-state index in [4.69, 9.17) is 15.3 Å². The van der Waals surface area contributed by atoms with Crippen molar-refractivity contribution in [3.63, 3.8) is 0 Å². The van der Waals surface area contributed by atoms with Gasteiger partial charge in [-0.2, -0.15) is 0 Å². The van der Waals surface area contributed by atoms with Gasteiger partial charge < -0.3 is 51.4 Å². The molecule has 0 radical (unpaired) electrons. The van der Waals surface area contributed by atoms with Crippen LogP contribution in [0.25, 0.3) is 0 Å². The van der Waals surface area contributed by atoms with E-state index in [1.54, 1.807) is 12.4 Å². The molecule has 1 aromatic rings. The van der Waals surface area contributed by atoms with E-state index in [0.717, 1.165) is 0 Å². The summed E-state index contributed by atoms with van der Waals surface area (Å²) in [5.41, 5.74) is 0.642. The Kier molecular flexibility index (Phi) is 15.4. The summed E-state index contributed by atoms with van der Waals surface area (Å²) < 4.78 is 1.29. The molecule has 4 atom stereocenters. The fraction of sp³-hybridized carbons (Fsp3) is 0.500. The number of carbonyl (C=O) groups excluding carboxylic acids is 3. The summed E-state index contributed by atoms with van der Waals surface area (Å²) in [4.78, 5) is 33.8. The molecule has 0 aliphatic heterocycles. The Morgan fingerprint density at radius 1 is 0.879 bits per heavy atom. The molecule has 0 saturated heterocycles. The molecule has 0 heterocycles. The van der Waals surface area contributed by atoms with Crippen molar-refractivity contribution in [1.29, 1.82) is 0 Å². The van der Waals surface area contributed by atoms with Gasteiger partial charge in [-0.25, -0.2) is 0 Å². The number of aliphatic hydroxyl groups is 5. The third-order valence-corrected chi connectivity index (χ3v) is 7.16. The molecule has 15 heteroatoms. The summed E-state index contributed by atoms with van der Waals surface area (Å²) in [5.74, 6) is -2.03. The zero-order valence-electron chi connectivity index (χ0n) is 17.8. The van der Waals surface area contributed by atoms with E-state index in [1.807, 2.05) is 67.8 Å². The summed E-state index contributed by atoms with van der Waals surface area (Å²) in [6.07, 6.45) is -5.53. The van der Waals surface area contributed by atoms with Gasteiger partial charge in [0.05, 0.1) is 34.6 Å². The number of aromatic carboxylic acids is 1. The highest BCUT2D eigenvalue weighted by Crippen LogP contribution is 2.38. The summed E-state index contributed by atoms with van der Waals surface area (Å²) in [5, 5.41) is 63.0. The second-order valence-electron chi connectivity index (χ2n) is 6.66. The molecule has 0 bridgehead atoms. The van der Waals surface area contributed by atoms with Crippen LogP contribution in [0, 0.1) is 10.7 Å². The predicted octanol–water partition coefficient (Wildman–Crippen LogP) is -2.60. The third-order valence-electron chi connectivity index (χ3n) is 3.93. The lowest BCUT2D eigenvalue weighted by Crippen LogP contribution is -2.83. The first-order valence-electron chi connectivity index (χ1n) is 9.28. The quantitative estimate of drug-likeness (QED) is 0.123. The SMILES string of the molecule is CC(=O)Nc1c(I)c(NC(C)=O)c(I)c(C(=O)[O-])c1I.C[NH2+]C[C@H](O)[C@@H](O)[C@H](O)[C@H](O)CO. The number of nitrogens with one attached hydrogen (secondary N) is 2. The van der Waals surface area contributed by atoms with E-state index in [1.165, 1.54) is 13.8 Å². The average molecular weight is 809 g/mol. The number of carboxylic acids is 1. The van der Waals surface area contributed by atoms with Crippen molar-refractivity contribution in [3.8, 4) is 0 Å². The van der Waals surface area contributed by atoms with Gasteiger partial charge >= 0.3 is 0 Å². The Bertz CT molecular complexity index is 814. The first-order valence-corrected chi connectivity index (χ1v) is 12.5. The van der Waals surface area contributed by atoms with Crippen molar-refractivity contribution in [2.45, 2.75) is 38.3 Å². The van der Waals surface area contributed by atoms with Crippen LogP contribution >= 0.6 is 67.8 Å². The maximum atomic E-state index is 11.3. The van der Waals surface area contributed by atoms with Crippen LogP contribution in [-0.2, 0) is 9.59 Å². The summed E-state index contributed by atoms with van der Waals surface area (Å²) in [6, 6.07) is 0. The lowest BCUT2D eigenvalue weighted by molar-refractivity contribution is -0.635. The van der Waals surface area contributed by atoms with E-state index >= 15 is 0 Å². The van der Waals surface area contributed by atoms with Gasteiger partial charge in [0, 0.05) is 26.6 Å². The van der Waals surface area contributed by atoms with Crippen molar-refractivity contribution in [3.05, 3.63) is 16.3 Å². The third kappa shape index (κ3) is 9.99. The van der Waals surface area contributed by atoms with E-state index < -0.39 is 37.0 Å². The van der Waals surface area contributed by atoms with E-state index in [9.17, 15) is 29.7 Å². The first-order chi connectivity index (χ1) is 15.2. The highest BCUT2D eigenvalue weighted by Gasteiger charge is 2.30. The van der Waals surface area contributed by atoms with Crippen LogP contribution in [0.5, 0.6) is 0 Å². The van der Waals surface area contributed by atoms with Gasteiger partial charge in [-0.3, -0.25) is 9.59 Å². The molecule has 2 amide bonds. The number of nitrogens with two attached hydrogens (primary N) is 1. The zero-order valence-corrected chi connectivity index (χ0v) is 24.3. The number of hydrogen-bond donors (Lipinski definition) is 8. The molecule has 0 aliphatic rings. The Balaban J connectivity index is 0.000000684. The van der Waals surface area contributed by atoms with Crippen LogP contribution < -0.4 is 21.1 Å². The molecular weight excluding hydrogens is 783 g/mol.